The van der Waals surface area contributed by atoms with Gasteiger partial charge in [-0.2, -0.15) is 0 Å². The minimum atomic E-state index is 0.805. The first kappa shape index (κ1) is 11.9. The molecule has 0 aliphatic heterocycles. The smallest absolute Gasteiger partial charge is 0.0487 e. The molecule has 0 heterocycles. The SMILES string of the molecule is CCOCCCOCCCNC. The quantitative estimate of drug-likeness (QED) is 0.531. The maximum atomic E-state index is 5.36. The maximum absolute atomic E-state index is 5.36. The lowest BCUT2D eigenvalue weighted by Gasteiger charge is -2.03. The van der Waals surface area contributed by atoms with Gasteiger partial charge in [0.2, 0.25) is 0 Å². The topological polar surface area (TPSA) is 30.5 Å². The number of ether oxygens (including phenoxy) is 2. The van der Waals surface area contributed by atoms with Crippen LogP contribution in [0, 0.1) is 0 Å². The number of rotatable bonds is 9. The van der Waals surface area contributed by atoms with Crippen molar-refractivity contribution in [2.45, 2.75) is 19.8 Å². The highest BCUT2D eigenvalue weighted by atomic mass is 16.5. The number of hydrogen-bond donors (Lipinski definition) is 1. The second-order valence-corrected chi connectivity index (χ2v) is 2.62. The fraction of sp³-hybridized carbons (Fsp3) is 1.00. The summed E-state index contributed by atoms with van der Waals surface area (Å²) in [7, 11) is 1.95. The first-order valence-corrected chi connectivity index (χ1v) is 4.72. The summed E-state index contributed by atoms with van der Waals surface area (Å²) in [5.41, 5.74) is 0. The summed E-state index contributed by atoms with van der Waals surface area (Å²) >= 11 is 0. The Morgan fingerprint density at radius 2 is 1.67 bits per heavy atom. The van der Waals surface area contributed by atoms with E-state index in [0.717, 1.165) is 45.8 Å². The van der Waals surface area contributed by atoms with E-state index in [-0.39, 0.29) is 0 Å². The Morgan fingerprint density at radius 1 is 1.00 bits per heavy atom. The first-order valence-electron chi connectivity index (χ1n) is 4.72. The third-order valence-electron chi connectivity index (χ3n) is 1.50. The largest absolute Gasteiger partial charge is 0.382 e. The molecule has 0 rings (SSSR count). The standard InChI is InChI=1S/C9H21NO2/c1-3-11-8-5-9-12-7-4-6-10-2/h10H,3-9H2,1-2H3. The van der Waals surface area contributed by atoms with Crippen molar-refractivity contribution in [1.29, 1.82) is 0 Å². The number of nitrogens with one attached hydrogen (secondary N) is 1. The van der Waals surface area contributed by atoms with E-state index in [1.807, 2.05) is 14.0 Å². The Labute approximate surface area is 75.4 Å². The van der Waals surface area contributed by atoms with Gasteiger partial charge in [0, 0.05) is 26.4 Å². The van der Waals surface area contributed by atoms with Gasteiger partial charge in [0.05, 0.1) is 0 Å². The highest BCUT2D eigenvalue weighted by Gasteiger charge is 1.88. The fourth-order valence-electron chi connectivity index (χ4n) is 0.860. The summed E-state index contributed by atoms with van der Waals surface area (Å²) in [5, 5.41) is 3.07. The average molecular weight is 175 g/mol. The van der Waals surface area contributed by atoms with Gasteiger partial charge in [-0.15, -0.1) is 0 Å². The molecule has 0 saturated heterocycles. The average Bonchev–Trinajstić information content (AvgIpc) is 2.10. The maximum Gasteiger partial charge on any atom is 0.0487 e. The molecule has 0 atom stereocenters. The molecule has 3 heteroatoms. The van der Waals surface area contributed by atoms with Crippen molar-refractivity contribution in [1.82, 2.24) is 5.32 Å². The Bertz CT molecular complexity index is 68.9. The molecule has 74 valence electrons. The zero-order valence-corrected chi connectivity index (χ0v) is 8.27. The molecule has 0 aromatic rings. The molecule has 0 aromatic carbocycles. The van der Waals surface area contributed by atoms with Crippen LogP contribution in [0.3, 0.4) is 0 Å². The van der Waals surface area contributed by atoms with Crippen LogP contribution in [-0.4, -0.2) is 40.0 Å². The van der Waals surface area contributed by atoms with Crippen LogP contribution in [-0.2, 0) is 9.47 Å². The van der Waals surface area contributed by atoms with E-state index >= 15 is 0 Å². The molecule has 0 bridgehead atoms. The molecule has 0 fully saturated rings. The van der Waals surface area contributed by atoms with Gasteiger partial charge in [-0.1, -0.05) is 0 Å². The van der Waals surface area contributed by atoms with Crippen LogP contribution in [0.15, 0.2) is 0 Å². The summed E-state index contributed by atoms with van der Waals surface area (Å²) in [6, 6.07) is 0. The molecular weight excluding hydrogens is 154 g/mol. The van der Waals surface area contributed by atoms with Crippen LogP contribution < -0.4 is 5.32 Å². The summed E-state index contributed by atoms with van der Waals surface area (Å²) in [5.74, 6) is 0. The Balaban J connectivity index is 2.73. The predicted molar refractivity (Wildman–Crippen MR) is 50.5 cm³/mol. The van der Waals surface area contributed by atoms with Crippen molar-refractivity contribution < 1.29 is 9.47 Å². The normalized spacial score (nSPS) is 10.5. The van der Waals surface area contributed by atoms with Crippen molar-refractivity contribution in [3.05, 3.63) is 0 Å². The first-order chi connectivity index (χ1) is 5.91. The summed E-state index contributed by atoms with van der Waals surface area (Å²) < 4.78 is 10.5. The second kappa shape index (κ2) is 10.9. The molecule has 0 aliphatic carbocycles. The Kier molecular flexibility index (Phi) is 10.8. The molecule has 12 heavy (non-hydrogen) atoms. The van der Waals surface area contributed by atoms with Gasteiger partial charge in [0.15, 0.2) is 0 Å². The van der Waals surface area contributed by atoms with Gasteiger partial charge < -0.3 is 14.8 Å². The van der Waals surface area contributed by atoms with Gasteiger partial charge in [-0.25, -0.2) is 0 Å². The molecule has 0 aliphatic rings. The van der Waals surface area contributed by atoms with Gasteiger partial charge in [-0.3, -0.25) is 0 Å². The van der Waals surface area contributed by atoms with Gasteiger partial charge in [0.1, 0.15) is 0 Å². The molecule has 0 amide bonds. The molecule has 0 unspecified atom stereocenters. The lowest BCUT2D eigenvalue weighted by atomic mass is 10.4. The molecular formula is C9H21NO2. The molecule has 1 N–H and O–H groups in total. The van der Waals surface area contributed by atoms with Gasteiger partial charge >= 0.3 is 0 Å². The van der Waals surface area contributed by atoms with Crippen molar-refractivity contribution >= 4 is 0 Å². The van der Waals surface area contributed by atoms with Gasteiger partial charge in [0.25, 0.3) is 0 Å². The van der Waals surface area contributed by atoms with Crippen LogP contribution in [0.2, 0.25) is 0 Å². The zero-order valence-electron chi connectivity index (χ0n) is 8.27. The minimum Gasteiger partial charge on any atom is -0.382 e. The van der Waals surface area contributed by atoms with Crippen LogP contribution in [0.5, 0.6) is 0 Å². The second-order valence-electron chi connectivity index (χ2n) is 2.62. The predicted octanol–water partition coefficient (Wildman–Crippen LogP) is 1.04. The molecule has 0 aromatic heterocycles. The van der Waals surface area contributed by atoms with E-state index in [1.54, 1.807) is 0 Å². The summed E-state index contributed by atoms with van der Waals surface area (Å²) in [6.45, 7) is 6.35. The van der Waals surface area contributed by atoms with Gasteiger partial charge in [-0.05, 0) is 33.4 Å². The molecule has 0 radical (unpaired) electrons. The third kappa shape index (κ3) is 9.88. The Morgan fingerprint density at radius 3 is 2.33 bits per heavy atom. The summed E-state index contributed by atoms with van der Waals surface area (Å²) in [4.78, 5) is 0. The van der Waals surface area contributed by atoms with E-state index in [9.17, 15) is 0 Å². The molecule has 0 saturated carbocycles. The fourth-order valence-corrected chi connectivity index (χ4v) is 0.860. The highest BCUT2D eigenvalue weighted by molar-refractivity contribution is 4.40. The Hall–Kier alpha value is -0.120. The monoisotopic (exact) mass is 175 g/mol. The van der Waals surface area contributed by atoms with E-state index in [2.05, 4.69) is 5.32 Å². The molecule has 3 nitrogen and oxygen atoms in total. The lowest BCUT2D eigenvalue weighted by Crippen LogP contribution is -2.11. The summed E-state index contributed by atoms with van der Waals surface area (Å²) in [6.07, 6.45) is 2.10. The highest BCUT2D eigenvalue weighted by Crippen LogP contribution is 1.86. The van der Waals surface area contributed by atoms with E-state index in [4.69, 9.17) is 9.47 Å². The van der Waals surface area contributed by atoms with Crippen molar-refractivity contribution in [2.24, 2.45) is 0 Å². The van der Waals surface area contributed by atoms with E-state index in [0.29, 0.717) is 0 Å². The molecule has 0 spiro atoms. The van der Waals surface area contributed by atoms with Crippen molar-refractivity contribution in [3.8, 4) is 0 Å². The van der Waals surface area contributed by atoms with Crippen LogP contribution >= 0.6 is 0 Å². The lowest BCUT2D eigenvalue weighted by molar-refractivity contribution is 0.0870. The minimum absolute atomic E-state index is 0.805. The van der Waals surface area contributed by atoms with Crippen molar-refractivity contribution in [3.63, 3.8) is 0 Å². The third-order valence-corrected chi connectivity index (χ3v) is 1.50. The zero-order chi connectivity index (χ0) is 9.07. The van der Waals surface area contributed by atoms with Crippen LogP contribution in [0.1, 0.15) is 19.8 Å². The van der Waals surface area contributed by atoms with Crippen LogP contribution in [0.4, 0.5) is 0 Å². The number of hydrogen-bond acceptors (Lipinski definition) is 3. The van der Waals surface area contributed by atoms with E-state index < -0.39 is 0 Å². The van der Waals surface area contributed by atoms with E-state index in [1.165, 1.54) is 0 Å². The van der Waals surface area contributed by atoms with Crippen molar-refractivity contribution in [2.75, 3.05) is 40.0 Å². The van der Waals surface area contributed by atoms with Crippen LogP contribution in [0.25, 0.3) is 0 Å².